The monoisotopic (exact) mass is 1860 g/mol. The lowest BCUT2D eigenvalue weighted by molar-refractivity contribution is 0.194. The second-order valence-electron chi connectivity index (χ2n) is 38.2. The van der Waals surface area contributed by atoms with Gasteiger partial charge in [0, 0.05) is 244 Å². The zero-order chi connectivity index (χ0) is 94.2. The Balaban J connectivity index is 0.000000100. The van der Waals surface area contributed by atoms with E-state index in [1.54, 1.807) is 62.4 Å². The smallest absolute Gasteiger partial charge is 0.324 e. The van der Waals surface area contributed by atoms with E-state index in [-0.39, 0.29) is 77.5 Å². The number of aromatic nitrogens is 17. The van der Waals surface area contributed by atoms with Crippen molar-refractivity contribution in [3.63, 3.8) is 0 Å². The number of rotatable bonds is 16. The molecule has 4 aromatic carbocycles. The van der Waals surface area contributed by atoms with Gasteiger partial charge in [0.1, 0.15) is 86.2 Å². The number of imidazole rings is 1. The summed E-state index contributed by atoms with van der Waals surface area (Å²) in [6.07, 6.45) is 21.7. The van der Waals surface area contributed by atoms with Crippen LogP contribution in [0.3, 0.4) is 0 Å². The van der Waals surface area contributed by atoms with E-state index < -0.39 is 0 Å². The molecule has 0 amide bonds. The van der Waals surface area contributed by atoms with Gasteiger partial charge in [0.2, 0.25) is 0 Å². The maximum Gasteiger partial charge on any atom is 0.324 e. The van der Waals surface area contributed by atoms with Crippen LogP contribution < -0.4 is 82.7 Å². The van der Waals surface area contributed by atoms with Crippen molar-refractivity contribution in [1.29, 1.82) is 0 Å². The van der Waals surface area contributed by atoms with E-state index in [4.69, 9.17) is 81.8 Å². The van der Waals surface area contributed by atoms with Crippen LogP contribution in [0, 0.1) is 52.9 Å². The molecule has 12 aromatic heterocycles. The summed E-state index contributed by atoms with van der Waals surface area (Å²) < 4.78 is 90.3. The highest BCUT2D eigenvalue weighted by atomic mass is 19.1. The topological polar surface area (TPSA) is 389 Å². The Morgan fingerprint density at radius 1 is 0.362 bits per heavy atom. The van der Waals surface area contributed by atoms with Crippen molar-refractivity contribution >= 4 is 90.3 Å². The van der Waals surface area contributed by atoms with Crippen molar-refractivity contribution < 1.29 is 36.5 Å². The summed E-state index contributed by atoms with van der Waals surface area (Å²) >= 11 is 0. The lowest BCUT2D eigenvalue weighted by atomic mass is 9.72. The van der Waals surface area contributed by atoms with Gasteiger partial charge in [-0.3, -0.25) is 0 Å². The second kappa shape index (κ2) is 33.5. The molecule has 0 spiro atoms. The van der Waals surface area contributed by atoms with E-state index in [1.165, 1.54) is 24.3 Å². The van der Waals surface area contributed by atoms with Crippen LogP contribution in [0.1, 0.15) is 77.1 Å². The molecule has 37 heteroatoms. The summed E-state index contributed by atoms with van der Waals surface area (Å²) in [5, 5.41) is 15.5. The van der Waals surface area contributed by atoms with Crippen LogP contribution in [-0.4, -0.2) is 187 Å². The van der Waals surface area contributed by atoms with Gasteiger partial charge in [0.25, 0.3) is 0 Å². The lowest BCUT2D eigenvalue weighted by Crippen LogP contribution is -2.46. The number of hydrogen-bond acceptors (Lipinski definition) is 29. The van der Waals surface area contributed by atoms with E-state index in [9.17, 15) is 17.6 Å². The number of pyridine rings is 4. The summed E-state index contributed by atoms with van der Waals surface area (Å²) in [6, 6.07) is 28.0. The van der Waals surface area contributed by atoms with Gasteiger partial charge in [0.15, 0.2) is 11.4 Å². The van der Waals surface area contributed by atoms with E-state index in [2.05, 4.69) is 65.8 Å². The largest absolute Gasteiger partial charge is 0.423 e. The third kappa shape index (κ3) is 14.9. The van der Waals surface area contributed by atoms with Crippen LogP contribution in [-0.2, 0) is 53.9 Å². The summed E-state index contributed by atoms with van der Waals surface area (Å²) in [4.78, 5) is 69.8. The minimum absolute atomic E-state index is 0.0667. The maximum absolute atomic E-state index is 14.6. The van der Waals surface area contributed by atoms with E-state index >= 15 is 0 Å². The van der Waals surface area contributed by atoms with Gasteiger partial charge in [-0.15, -0.1) is 0 Å². The third-order valence-corrected chi connectivity index (χ3v) is 29.7. The summed E-state index contributed by atoms with van der Waals surface area (Å²) in [6.45, 7) is 5.81. The van der Waals surface area contributed by atoms with Crippen molar-refractivity contribution in [2.75, 3.05) is 115 Å². The number of piperidine rings is 1. The molecule has 10 atom stereocenters. The molecular formula is C101H101F4N29O4. The van der Waals surface area contributed by atoms with Gasteiger partial charge in [0.05, 0.1) is 53.9 Å². The first-order chi connectivity index (χ1) is 66.9. The Kier molecular flexibility index (Phi) is 20.9. The van der Waals surface area contributed by atoms with Crippen molar-refractivity contribution in [1.82, 2.24) is 83.1 Å². The molecule has 2 bridgehead atoms. The number of benzene rings is 4. The van der Waals surface area contributed by atoms with Gasteiger partial charge in [-0.1, -0.05) is 0 Å². The number of anilines is 8. The van der Waals surface area contributed by atoms with Gasteiger partial charge in [-0.05, 0) is 191 Å². The highest BCUT2D eigenvalue weighted by Crippen LogP contribution is 2.55. The average Bonchev–Trinajstić information content (AvgIpc) is 1.60. The number of hydrogen-bond donors (Lipinski definition) is 8. The number of nitrogens with zero attached hydrogens (tertiary/aromatic N) is 21. The summed E-state index contributed by atoms with van der Waals surface area (Å²) in [7, 11) is 15.0. The van der Waals surface area contributed by atoms with Gasteiger partial charge < -0.3 is 101 Å². The van der Waals surface area contributed by atoms with Crippen LogP contribution in [0.5, 0.6) is 47.0 Å². The van der Waals surface area contributed by atoms with E-state index in [1.807, 2.05) is 129 Å². The number of nitrogens with one attached hydrogen (secondary N) is 4. The Morgan fingerprint density at radius 2 is 0.725 bits per heavy atom. The molecule has 16 aromatic rings. The van der Waals surface area contributed by atoms with Crippen molar-refractivity contribution in [2.24, 2.45) is 80.7 Å². The van der Waals surface area contributed by atoms with Crippen molar-refractivity contribution in [2.45, 2.75) is 88.0 Å². The molecule has 138 heavy (non-hydrogen) atoms. The molecule has 4 aliphatic heterocycles. The Morgan fingerprint density at radius 3 is 1.07 bits per heavy atom. The Bertz CT molecular complexity index is 7450. The van der Waals surface area contributed by atoms with Crippen LogP contribution in [0.4, 0.5) is 63.6 Å². The zero-order valence-corrected chi connectivity index (χ0v) is 77.2. The molecule has 16 heterocycles. The summed E-state index contributed by atoms with van der Waals surface area (Å²) in [5.41, 5.74) is 46.7. The van der Waals surface area contributed by atoms with Crippen LogP contribution >= 0.6 is 0 Å². The van der Waals surface area contributed by atoms with Crippen LogP contribution in [0.2, 0.25) is 0 Å². The SMILES string of the molecule is CNc1cc(F)cc2c1Cc1nc(Oc3cnc4c(c3)ncn4C)nc(N3CC[C@H](N)C3)c1-2.CNc1cc(F)cc2c1Cc1nc(Oc3cnc4c(ccn4C)c3)nc(N3CC4CC(N)C4C3)c1-2.CNc1cc(F)cc2c1Cc1nc(Oc3cnc4c(ccn4C)c3)nc(N3CC4C[C@@H](N)C4C3)c1-2.CNc1cc(F)cc2c1Cc1nc(Oc3cnc4c(ccn4C)c3)nc(N3C[C@@H]4CC3[C@H](N)C4)c1-2. The van der Waals surface area contributed by atoms with E-state index in [0.717, 1.165) is 251 Å². The van der Waals surface area contributed by atoms with Crippen LogP contribution in [0.15, 0.2) is 141 Å². The van der Waals surface area contributed by atoms with Gasteiger partial charge in [-0.2, -0.15) is 39.9 Å². The molecule has 7 aliphatic carbocycles. The molecule has 6 unspecified atom stereocenters. The van der Waals surface area contributed by atoms with Gasteiger partial charge in [-0.25, -0.2) is 42.5 Å². The highest BCUT2D eigenvalue weighted by molar-refractivity contribution is 5.93. The minimum Gasteiger partial charge on any atom is -0.423 e. The average molecular weight is 1860 g/mol. The fraction of sp³-hybridized carbons (Fsp3) is 0.337. The predicted octanol–water partition coefficient (Wildman–Crippen LogP) is 14.1. The molecule has 12 N–H and O–H groups in total. The van der Waals surface area contributed by atoms with Crippen LogP contribution in [0.25, 0.3) is 88.8 Å². The molecule has 702 valence electrons. The minimum atomic E-state index is -0.301. The van der Waals surface area contributed by atoms with Crippen molar-refractivity contribution in [3.8, 4) is 91.5 Å². The number of nitrogens with two attached hydrogens (primary N) is 4. The van der Waals surface area contributed by atoms with Gasteiger partial charge >= 0.3 is 24.0 Å². The quantitative estimate of drug-likeness (QED) is 0.0417. The molecule has 0 radical (unpaired) electrons. The number of halogens is 4. The fourth-order valence-electron chi connectivity index (χ4n) is 23.0. The number of fused-ring (bicyclic) bond motifs is 20. The zero-order valence-electron chi connectivity index (χ0n) is 77.2. The molecular weight excluding hydrogens is 1760 g/mol. The number of aryl methyl sites for hydroxylation is 4. The Labute approximate surface area is 789 Å². The first-order valence-electron chi connectivity index (χ1n) is 46.9. The first-order valence-corrected chi connectivity index (χ1v) is 46.9. The molecule has 3 saturated carbocycles. The normalized spacial score (nSPS) is 20.8. The molecule has 27 rings (SSSR count). The molecule has 33 nitrogen and oxygen atoms in total. The highest BCUT2D eigenvalue weighted by Gasteiger charge is 2.50. The molecule has 4 saturated heterocycles. The standard InChI is InChI=1S/3C26H26FN7O.C23H23FN8O/c1-29-20-9-15(27)8-18-17(20)10-21-23(18)25(34-12-13-5-19(28)22(34)6-13)32-26(31-21)35-16-7-14-3-4-33(2)24(14)30-11-16;2*1-29-21-8-15(27)7-18-17(21)9-22-23(18)25(34-11-14-6-20(28)19(14)12-34)32-26(31-22)35-16-5-13-3-4-33(2)24(13)30-10-16;1-26-17-6-12(24)5-16-15(17)8-18-20(16)22(32-4-3-13(25)10-32)30-23(29-18)33-14-7-19-21(27-9-14)31(2)11-28-19/h3-4,7-9,11,13,19,22,29H,5-6,10,12,28H2,1-2H3;2*3-5,7-8,10,14,19-20,29H,6,9,11-12,28H2,1-2H3;5-7,9,11,13,26H,3-4,8,10,25H2,1-2H3/t13-,19+,22?;14?,19?,20-;;13-/m01.0/s1. The maximum atomic E-state index is 14.6. The second-order valence-corrected chi connectivity index (χ2v) is 38.2. The Hall–Kier alpha value is -15.0. The number of ether oxygens (including phenoxy) is 4. The van der Waals surface area contributed by atoms with E-state index in [0.29, 0.717) is 84.8 Å². The predicted molar refractivity (Wildman–Crippen MR) is 520 cm³/mol. The molecule has 7 fully saturated rings. The first kappa shape index (κ1) is 85.9. The fourth-order valence-corrected chi connectivity index (χ4v) is 23.0. The third-order valence-electron chi connectivity index (χ3n) is 29.7. The van der Waals surface area contributed by atoms with Crippen molar-refractivity contribution in [3.05, 3.63) is 209 Å². The lowest BCUT2D eigenvalue weighted by Gasteiger charge is -2.36. The molecule has 11 aliphatic rings. The summed E-state index contributed by atoms with van der Waals surface area (Å²) in [5.74, 6) is 6.84.